The summed E-state index contributed by atoms with van der Waals surface area (Å²) in [6, 6.07) is 8.01. The molecule has 2 aromatic heterocycles. The maximum absolute atomic E-state index is 11.7. The van der Waals surface area contributed by atoms with E-state index in [0.717, 1.165) is 57.2 Å². The molecule has 1 aliphatic rings. The van der Waals surface area contributed by atoms with Gasteiger partial charge in [-0.05, 0) is 36.4 Å². The molecule has 6 nitrogen and oxygen atoms in total. The van der Waals surface area contributed by atoms with Gasteiger partial charge in [-0.15, -0.1) is 11.3 Å². The van der Waals surface area contributed by atoms with Crippen molar-refractivity contribution in [1.82, 2.24) is 15.5 Å². The number of guanidine groups is 1. The zero-order valence-corrected chi connectivity index (χ0v) is 15.8. The van der Waals surface area contributed by atoms with Crippen LogP contribution in [0.15, 0.2) is 45.3 Å². The van der Waals surface area contributed by atoms with Gasteiger partial charge in [-0.2, -0.15) is 0 Å². The number of carbonyl (C=O) groups excluding carboxylic acids is 1. The lowest BCUT2D eigenvalue weighted by molar-refractivity contribution is -0.127. The van der Waals surface area contributed by atoms with Crippen LogP contribution >= 0.6 is 11.3 Å². The maximum atomic E-state index is 11.7. The van der Waals surface area contributed by atoms with Crippen LogP contribution in [-0.4, -0.2) is 42.9 Å². The third kappa shape index (κ3) is 5.91. The van der Waals surface area contributed by atoms with E-state index >= 15 is 0 Å². The minimum atomic E-state index is 0.285. The SMILES string of the molecule is O=C1CCCN1CCCNC(=NCc1cccs1)NCCc1ccco1. The number of hydrogen-bond acceptors (Lipinski definition) is 4. The summed E-state index contributed by atoms with van der Waals surface area (Å²) >= 11 is 1.71. The van der Waals surface area contributed by atoms with Gasteiger partial charge in [0.25, 0.3) is 0 Å². The van der Waals surface area contributed by atoms with E-state index in [2.05, 4.69) is 27.1 Å². The quantitative estimate of drug-likeness (QED) is 0.402. The molecule has 1 aliphatic heterocycles. The number of nitrogens with one attached hydrogen (secondary N) is 2. The van der Waals surface area contributed by atoms with Crippen molar-refractivity contribution < 1.29 is 9.21 Å². The Kier molecular flexibility index (Phi) is 7.13. The van der Waals surface area contributed by atoms with Crippen molar-refractivity contribution in [2.75, 3.05) is 26.2 Å². The van der Waals surface area contributed by atoms with Crippen molar-refractivity contribution in [2.45, 2.75) is 32.2 Å². The summed E-state index contributed by atoms with van der Waals surface area (Å²) in [4.78, 5) is 19.5. The molecular weight excluding hydrogens is 348 g/mol. The molecule has 0 spiro atoms. The summed E-state index contributed by atoms with van der Waals surface area (Å²) in [6.07, 6.45) is 5.13. The highest BCUT2D eigenvalue weighted by Gasteiger charge is 2.18. The molecule has 0 saturated carbocycles. The van der Waals surface area contributed by atoms with E-state index in [9.17, 15) is 4.79 Å². The average molecular weight is 375 g/mol. The van der Waals surface area contributed by atoms with Gasteiger partial charge in [-0.3, -0.25) is 4.79 Å². The second kappa shape index (κ2) is 10.0. The Morgan fingerprint density at radius 3 is 2.92 bits per heavy atom. The highest BCUT2D eigenvalue weighted by molar-refractivity contribution is 7.09. The molecule has 0 bridgehead atoms. The van der Waals surface area contributed by atoms with Crippen LogP contribution in [-0.2, 0) is 17.8 Å². The van der Waals surface area contributed by atoms with Gasteiger partial charge in [0.2, 0.25) is 5.91 Å². The van der Waals surface area contributed by atoms with Crippen LogP contribution < -0.4 is 10.6 Å². The summed E-state index contributed by atoms with van der Waals surface area (Å²) < 4.78 is 5.36. The lowest BCUT2D eigenvalue weighted by atomic mass is 10.3. The molecule has 7 heteroatoms. The van der Waals surface area contributed by atoms with Crippen molar-refractivity contribution in [3.05, 3.63) is 46.5 Å². The van der Waals surface area contributed by atoms with E-state index < -0.39 is 0 Å². The molecule has 2 N–H and O–H groups in total. The molecule has 0 unspecified atom stereocenters. The topological polar surface area (TPSA) is 69.9 Å². The van der Waals surface area contributed by atoms with Gasteiger partial charge in [0.1, 0.15) is 5.76 Å². The fourth-order valence-electron chi connectivity index (χ4n) is 2.91. The van der Waals surface area contributed by atoms with Gasteiger partial charge in [0.15, 0.2) is 5.96 Å². The molecule has 2 aromatic rings. The molecule has 1 fully saturated rings. The lowest BCUT2D eigenvalue weighted by Gasteiger charge is -2.16. The first kappa shape index (κ1) is 18.5. The van der Waals surface area contributed by atoms with E-state index in [-0.39, 0.29) is 5.91 Å². The maximum Gasteiger partial charge on any atom is 0.222 e. The molecule has 0 aliphatic carbocycles. The van der Waals surface area contributed by atoms with Crippen LogP contribution in [0.25, 0.3) is 0 Å². The van der Waals surface area contributed by atoms with E-state index in [1.807, 2.05) is 23.1 Å². The molecule has 0 aromatic carbocycles. The Morgan fingerprint density at radius 2 is 2.19 bits per heavy atom. The largest absolute Gasteiger partial charge is 0.469 e. The number of carbonyl (C=O) groups is 1. The van der Waals surface area contributed by atoms with Crippen LogP contribution in [0.5, 0.6) is 0 Å². The van der Waals surface area contributed by atoms with Crippen molar-refractivity contribution in [1.29, 1.82) is 0 Å². The molecular formula is C19H26N4O2S. The highest BCUT2D eigenvalue weighted by Crippen LogP contribution is 2.10. The number of nitrogens with zero attached hydrogens (tertiary/aromatic N) is 2. The first-order chi connectivity index (χ1) is 12.8. The number of amides is 1. The minimum absolute atomic E-state index is 0.285. The standard InChI is InChI=1S/C19H26N4O2S/c24-18-7-1-11-23(18)12-4-9-20-19(22-15-17-6-3-14-26-17)21-10-8-16-5-2-13-25-16/h2-3,5-6,13-14H,1,4,7-12,15H2,(H2,20,21,22). The zero-order valence-electron chi connectivity index (χ0n) is 14.9. The molecule has 1 amide bonds. The fraction of sp³-hybridized carbons (Fsp3) is 0.474. The van der Waals surface area contributed by atoms with Gasteiger partial charge in [0.05, 0.1) is 12.8 Å². The van der Waals surface area contributed by atoms with Crippen LogP contribution in [0.3, 0.4) is 0 Å². The van der Waals surface area contributed by atoms with E-state index in [0.29, 0.717) is 13.0 Å². The summed E-state index contributed by atoms with van der Waals surface area (Å²) in [5.74, 6) is 2.05. The summed E-state index contributed by atoms with van der Waals surface area (Å²) in [6.45, 7) is 3.93. The number of furan rings is 1. The predicted molar refractivity (Wildman–Crippen MR) is 104 cm³/mol. The van der Waals surface area contributed by atoms with Crippen molar-refractivity contribution in [2.24, 2.45) is 4.99 Å². The number of thiophene rings is 1. The van der Waals surface area contributed by atoms with Crippen LogP contribution in [0, 0.1) is 0 Å². The van der Waals surface area contributed by atoms with E-state index in [4.69, 9.17) is 4.42 Å². The number of hydrogen-bond donors (Lipinski definition) is 2. The summed E-state index contributed by atoms with van der Waals surface area (Å²) in [7, 11) is 0. The molecule has 140 valence electrons. The zero-order chi connectivity index (χ0) is 18.0. The Labute approximate surface area is 158 Å². The number of aliphatic imine (C=N–C) groups is 1. The third-order valence-electron chi connectivity index (χ3n) is 4.29. The van der Waals surface area contributed by atoms with Crippen molar-refractivity contribution >= 4 is 23.2 Å². The first-order valence-corrected chi connectivity index (χ1v) is 10.0. The third-order valence-corrected chi connectivity index (χ3v) is 5.15. The first-order valence-electron chi connectivity index (χ1n) is 9.16. The van der Waals surface area contributed by atoms with E-state index in [1.165, 1.54) is 4.88 Å². The van der Waals surface area contributed by atoms with Gasteiger partial charge in [-0.25, -0.2) is 4.99 Å². The second-order valence-corrected chi connectivity index (χ2v) is 7.30. The molecule has 26 heavy (non-hydrogen) atoms. The minimum Gasteiger partial charge on any atom is -0.469 e. The molecule has 3 heterocycles. The van der Waals surface area contributed by atoms with E-state index in [1.54, 1.807) is 17.6 Å². The molecule has 0 radical (unpaired) electrons. The second-order valence-electron chi connectivity index (χ2n) is 6.27. The van der Waals surface area contributed by atoms with Gasteiger partial charge < -0.3 is 20.0 Å². The smallest absolute Gasteiger partial charge is 0.222 e. The van der Waals surface area contributed by atoms with Gasteiger partial charge >= 0.3 is 0 Å². The van der Waals surface area contributed by atoms with Crippen molar-refractivity contribution in [3.63, 3.8) is 0 Å². The number of likely N-dealkylation sites (tertiary alicyclic amines) is 1. The van der Waals surface area contributed by atoms with Crippen LogP contribution in [0.1, 0.15) is 29.9 Å². The van der Waals surface area contributed by atoms with Gasteiger partial charge in [0, 0.05) is 43.9 Å². The highest BCUT2D eigenvalue weighted by atomic mass is 32.1. The molecule has 1 saturated heterocycles. The number of rotatable bonds is 9. The summed E-state index contributed by atoms with van der Waals surface area (Å²) in [5.41, 5.74) is 0. The Hall–Kier alpha value is -2.28. The summed E-state index contributed by atoms with van der Waals surface area (Å²) in [5, 5.41) is 8.80. The van der Waals surface area contributed by atoms with Gasteiger partial charge in [-0.1, -0.05) is 6.07 Å². The lowest BCUT2D eigenvalue weighted by Crippen LogP contribution is -2.40. The Morgan fingerprint density at radius 1 is 1.27 bits per heavy atom. The molecule has 0 atom stereocenters. The average Bonchev–Trinajstić information content (AvgIpc) is 3.39. The fourth-order valence-corrected chi connectivity index (χ4v) is 3.54. The molecule has 3 rings (SSSR count). The van der Waals surface area contributed by atoms with Crippen LogP contribution in [0.2, 0.25) is 0 Å². The van der Waals surface area contributed by atoms with Crippen molar-refractivity contribution in [3.8, 4) is 0 Å². The normalized spacial score (nSPS) is 14.8. The van der Waals surface area contributed by atoms with Crippen LogP contribution in [0.4, 0.5) is 0 Å². The Bertz CT molecular complexity index is 682. The monoisotopic (exact) mass is 374 g/mol. The predicted octanol–water partition coefficient (Wildman–Crippen LogP) is 2.63. The Balaban J connectivity index is 1.43.